The van der Waals surface area contributed by atoms with Crippen molar-refractivity contribution in [1.82, 2.24) is 0 Å². The van der Waals surface area contributed by atoms with E-state index in [4.69, 9.17) is 10.00 Å². The van der Waals surface area contributed by atoms with E-state index in [0.29, 0.717) is 5.41 Å². The lowest BCUT2D eigenvalue weighted by atomic mass is 9.70. The lowest BCUT2D eigenvalue weighted by Gasteiger charge is -2.33. The molecule has 0 aromatic heterocycles. The first-order chi connectivity index (χ1) is 5.98. The summed E-state index contributed by atoms with van der Waals surface area (Å²) in [6, 6.07) is 2.30. The van der Waals surface area contributed by atoms with Crippen LogP contribution in [0, 0.1) is 22.7 Å². The van der Waals surface area contributed by atoms with Gasteiger partial charge in [0.2, 0.25) is 0 Å². The first-order valence-corrected chi connectivity index (χ1v) is 5.07. The highest BCUT2D eigenvalue weighted by Crippen LogP contribution is 2.52. The van der Waals surface area contributed by atoms with Crippen LogP contribution in [-0.4, -0.2) is 11.7 Å². The van der Waals surface area contributed by atoms with Crippen molar-refractivity contribution in [3.63, 3.8) is 0 Å². The molecule has 2 heteroatoms. The van der Waals surface area contributed by atoms with E-state index in [1.54, 1.807) is 0 Å². The lowest BCUT2D eigenvalue weighted by molar-refractivity contribution is 0.186. The van der Waals surface area contributed by atoms with Gasteiger partial charge >= 0.3 is 0 Å². The van der Waals surface area contributed by atoms with Gasteiger partial charge in [-0.05, 0) is 30.6 Å². The van der Waals surface area contributed by atoms with Crippen molar-refractivity contribution in [3.05, 3.63) is 0 Å². The van der Waals surface area contributed by atoms with Crippen LogP contribution >= 0.6 is 0 Å². The monoisotopic (exact) mass is 179 g/mol. The Balaban J connectivity index is 2.01. The van der Waals surface area contributed by atoms with Crippen molar-refractivity contribution in [2.75, 3.05) is 0 Å². The van der Waals surface area contributed by atoms with E-state index in [-0.39, 0.29) is 11.7 Å². The predicted octanol–water partition coefficient (Wildman–Crippen LogP) is 2.49. The second-order valence-corrected chi connectivity index (χ2v) is 5.45. The highest BCUT2D eigenvalue weighted by Gasteiger charge is 2.60. The summed E-state index contributed by atoms with van der Waals surface area (Å²) in [5, 5.41) is 8.91. The maximum atomic E-state index is 8.91. The van der Waals surface area contributed by atoms with Crippen LogP contribution < -0.4 is 0 Å². The van der Waals surface area contributed by atoms with Crippen molar-refractivity contribution < 1.29 is 4.74 Å². The summed E-state index contributed by atoms with van der Waals surface area (Å²) < 4.78 is 5.48. The topological polar surface area (TPSA) is 36.3 Å². The number of nitriles is 1. The summed E-state index contributed by atoms with van der Waals surface area (Å²) in [5.41, 5.74) is 0.00924. The van der Waals surface area contributed by atoms with Crippen LogP contribution in [0.25, 0.3) is 0 Å². The van der Waals surface area contributed by atoms with Gasteiger partial charge in [0.1, 0.15) is 12.2 Å². The summed E-state index contributed by atoms with van der Waals surface area (Å²) >= 11 is 0. The van der Waals surface area contributed by atoms with Crippen LogP contribution in [0.2, 0.25) is 0 Å². The first kappa shape index (κ1) is 9.02. The van der Waals surface area contributed by atoms with Crippen LogP contribution in [0.3, 0.4) is 0 Å². The van der Waals surface area contributed by atoms with Crippen LogP contribution in [0.4, 0.5) is 0 Å². The van der Waals surface area contributed by atoms with E-state index in [2.05, 4.69) is 26.8 Å². The third kappa shape index (κ3) is 1.36. The molecule has 0 N–H and O–H groups in total. The molecule has 1 saturated carbocycles. The Labute approximate surface area is 79.9 Å². The number of rotatable bonds is 0. The van der Waals surface area contributed by atoms with Crippen LogP contribution in [0.1, 0.15) is 40.0 Å². The molecule has 1 aliphatic heterocycles. The van der Waals surface area contributed by atoms with Gasteiger partial charge in [-0.3, -0.25) is 0 Å². The van der Waals surface area contributed by atoms with Crippen LogP contribution in [0.15, 0.2) is 0 Å². The SMILES string of the molecule is CC(C)(C)[C@@H]1CC[C@]2(C#N)O[C@@H]2C1. The van der Waals surface area contributed by atoms with Gasteiger partial charge in [-0.2, -0.15) is 5.26 Å². The van der Waals surface area contributed by atoms with Gasteiger partial charge in [0.15, 0.2) is 5.60 Å². The maximum Gasteiger partial charge on any atom is 0.180 e. The molecular weight excluding hydrogens is 162 g/mol. The highest BCUT2D eigenvalue weighted by molar-refractivity contribution is 5.20. The van der Waals surface area contributed by atoms with Gasteiger partial charge in [-0.1, -0.05) is 20.8 Å². The number of ether oxygens (including phenoxy) is 1. The third-order valence-corrected chi connectivity index (χ3v) is 3.59. The third-order valence-electron chi connectivity index (χ3n) is 3.59. The van der Waals surface area contributed by atoms with Crippen molar-refractivity contribution in [2.24, 2.45) is 11.3 Å². The molecule has 2 fully saturated rings. The zero-order chi connectivity index (χ0) is 9.69. The van der Waals surface area contributed by atoms with E-state index in [1.165, 1.54) is 0 Å². The lowest BCUT2D eigenvalue weighted by Crippen LogP contribution is -2.30. The average molecular weight is 179 g/mol. The molecule has 1 heterocycles. The van der Waals surface area contributed by atoms with Gasteiger partial charge in [-0.15, -0.1) is 0 Å². The van der Waals surface area contributed by atoms with E-state index in [9.17, 15) is 0 Å². The Morgan fingerprint density at radius 1 is 1.46 bits per heavy atom. The van der Waals surface area contributed by atoms with Crippen molar-refractivity contribution in [2.45, 2.75) is 51.7 Å². The average Bonchev–Trinajstić information content (AvgIpc) is 2.75. The fraction of sp³-hybridized carbons (Fsp3) is 0.909. The quantitative estimate of drug-likeness (QED) is 0.536. The number of epoxide rings is 1. The van der Waals surface area contributed by atoms with Crippen molar-refractivity contribution in [1.29, 1.82) is 5.26 Å². The Hall–Kier alpha value is -0.550. The standard InChI is InChI=1S/C11H17NO/c1-10(2,3)8-4-5-11(7-12)9(6-8)13-11/h8-9H,4-6H2,1-3H3/t8-,9-,11-/m1/s1. The molecule has 13 heavy (non-hydrogen) atoms. The number of nitrogens with zero attached hydrogens (tertiary/aromatic N) is 1. The fourth-order valence-electron chi connectivity index (χ4n) is 2.38. The minimum atomic E-state index is -0.359. The molecule has 0 aromatic rings. The minimum Gasteiger partial charge on any atom is -0.350 e. The van der Waals surface area contributed by atoms with E-state index in [0.717, 1.165) is 25.2 Å². The van der Waals surface area contributed by atoms with Gasteiger partial charge in [0, 0.05) is 0 Å². The van der Waals surface area contributed by atoms with Crippen molar-refractivity contribution in [3.8, 4) is 6.07 Å². The summed E-state index contributed by atoms with van der Waals surface area (Å²) in [6.45, 7) is 6.83. The molecule has 72 valence electrons. The molecule has 0 spiro atoms. The fourth-order valence-corrected chi connectivity index (χ4v) is 2.38. The molecule has 1 saturated heterocycles. The number of hydrogen-bond donors (Lipinski definition) is 0. The first-order valence-electron chi connectivity index (χ1n) is 5.07. The van der Waals surface area contributed by atoms with E-state index >= 15 is 0 Å². The molecule has 0 amide bonds. The van der Waals surface area contributed by atoms with Gasteiger partial charge in [0.25, 0.3) is 0 Å². The molecule has 0 aromatic carbocycles. The second-order valence-electron chi connectivity index (χ2n) is 5.45. The Kier molecular flexibility index (Phi) is 1.72. The highest BCUT2D eigenvalue weighted by atomic mass is 16.6. The molecule has 2 rings (SSSR count). The minimum absolute atomic E-state index is 0.246. The Morgan fingerprint density at radius 3 is 2.62 bits per heavy atom. The summed E-state index contributed by atoms with van der Waals surface area (Å²) in [6.07, 6.45) is 3.41. The molecule has 0 radical (unpaired) electrons. The number of fused-ring (bicyclic) bond motifs is 1. The zero-order valence-corrected chi connectivity index (χ0v) is 8.63. The predicted molar refractivity (Wildman–Crippen MR) is 50.0 cm³/mol. The molecule has 1 aliphatic carbocycles. The largest absolute Gasteiger partial charge is 0.350 e. The molecular formula is C11H17NO. The Bertz CT molecular complexity index is 260. The molecule has 2 aliphatic rings. The van der Waals surface area contributed by atoms with Gasteiger partial charge in [-0.25, -0.2) is 0 Å². The second kappa shape index (κ2) is 2.48. The van der Waals surface area contributed by atoms with Crippen LogP contribution in [0.5, 0.6) is 0 Å². The summed E-state index contributed by atoms with van der Waals surface area (Å²) in [4.78, 5) is 0. The van der Waals surface area contributed by atoms with Gasteiger partial charge < -0.3 is 4.74 Å². The van der Waals surface area contributed by atoms with Crippen molar-refractivity contribution >= 4 is 0 Å². The molecule has 0 unspecified atom stereocenters. The molecule has 0 bridgehead atoms. The van der Waals surface area contributed by atoms with E-state index in [1.807, 2.05) is 0 Å². The Morgan fingerprint density at radius 2 is 2.15 bits per heavy atom. The maximum absolute atomic E-state index is 8.91. The van der Waals surface area contributed by atoms with E-state index < -0.39 is 0 Å². The number of hydrogen-bond acceptors (Lipinski definition) is 2. The van der Waals surface area contributed by atoms with Gasteiger partial charge in [0.05, 0.1) is 0 Å². The van der Waals surface area contributed by atoms with Crippen LogP contribution in [-0.2, 0) is 4.74 Å². The summed E-state index contributed by atoms with van der Waals surface area (Å²) in [5.74, 6) is 0.724. The normalized spacial score (nSPS) is 43.5. The zero-order valence-electron chi connectivity index (χ0n) is 8.63. The molecule has 3 atom stereocenters. The smallest absolute Gasteiger partial charge is 0.180 e. The summed E-state index contributed by atoms with van der Waals surface area (Å²) in [7, 11) is 0. The molecule has 2 nitrogen and oxygen atoms in total.